The maximum Gasteiger partial charge on any atom is 0.328 e. The lowest BCUT2D eigenvalue weighted by atomic mass is 10.1. The topological polar surface area (TPSA) is 66.4 Å². The van der Waals surface area contributed by atoms with Crippen LogP contribution in [0.4, 0.5) is 5.69 Å². The third-order valence-corrected chi connectivity index (χ3v) is 1.97. The first-order valence-corrected chi connectivity index (χ1v) is 4.85. The lowest BCUT2D eigenvalue weighted by Gasteiger charge is -2.06. The maximum atomic E-state index is 10.9. The number of benzene rings is 1. The minimum Gasteiger partial charge on any atom is -0.478 e. The zero-order chi connectivity index (χ0) is 12.1. The highest BCUT2D eigenvalue weighted by Crippen LogP contribution is 2.22. The summed E-state index contributed by atoms with van der Waals surface area (Å²) in [6.07, 6.45) is 2.39. The predicted octanol–water partition coefficient (Wildman–Crippen LogP) is 2.40. The molecule has 4 nitrogen and oxygen atoms in total. The molecule has 0 saturated heterocycles. The summed E-state index contributed by atoms with van der Waals surface area (Å²) in [4.78, 5) is 21.3. The van der Waals surface area contributed by atoms with Gasteiger partial charge in [0.25, 0.3) is 0 Å². The Kier molecular flexibility index (Phi) is 4.08. The summed E-state index contributed by atoms with van der Waals surface area (Å²) >= 11 is 5.77. The molecule has 1 amide bonds. The van der Waals surface area contributed by atoms with Gasteiger partial charge in [0.2, 0.25) is 5.91 Å². The number of nitrogens with one attached hydrogen (secondary N) is 1. The summed E-state index contributed by atoms with van der Waals surface area (Å²) in [7, 11) is 0. The first-order chi connectivity index (χ1) is 7.49. The molecule has 0 aliphatic rings. The predicted molar refractivity (Wildman–Crippen MR) is 62.4 cm³/mol. The number of anilines is 1. The van der Waals surface area contributed by atoms with E-state index in [-0.39, 0.29) is 5.91 Å². The van der Waals surface area contributed by atoms with E-state index < -0.39 is 5.97 Å². The number of carbonyl (C=O) groups excluding carboxylic acids is 1. The van der Waals surface area contributed by atoms with Gasteiger partial charge in [-0.25, -0.2) is 4.79 Å². The van der Waals surface area contributed by atoms with E-state index in [4.69, 9.17) is 16.7 Å². The molecule has 0 radical (unpaired) electrons. The van der Waals surface area contributed by atoms with Crippen LogP contribution in [0.1, 0.15) is 12.5 Å². The number of rotatable bonds is 3. The minimum atomic E-state index is -1.05. The Morgan fingerprint density at radius 2 is 2.12 bits per heavy atom. The van der Waals surface area contributed by atoms with Gasteiger partial charge < -0.3 is 10.4 Å². The molecule has 16 heavy (non-hydrogen) atoms. The molecule has 0 unspecified atom stereocenters. The van der Waals surface area contributed by atoms with Gasteiger partial charge in [0.15, 0.2) is 0 Å². The molecule has 0 heterocycles. The van der Waals surface area contributed by atoms with Crippen molar-refractivity contribution in [1.29, 1.82) is 0 Å². The Morgan fingerprint density at radius 3 is 2.69 bits per heavy atom. The van der Waals surface area contributed by atoms with Crippen molar-refractivity contribution in [3.05, 3.63) is 34.9 Å². The Balaban J connectivity index is 3.06. The van der Waals surface area contributed by atoms with Crippen LogP contribution in [0, 0.1) is 0 Å². The van der Waals surface area contributed by atoms with Crippen molar-refractivity contribution in [3.63, 3.8) is 0 Å². The van der Waals surface area contributed by atoms with Crippen molar-refractivity contribution in [2.75, 3.05) is 5.32 Å². The van der Waals surface area contributed by atoms with Crippen molar-refractivity contribution in [1.82, 2.24) is 0 Å². The van der Waals surface area contributed by atoms with Crippen LogP contribution < -0.4 is 5.32 Å². The standard InChI is InChI=1S/C11H10ClNO3/c1-7(14)13-10-6-9(12)4-2-8(10)3-5-11(15)16/h2-6H,1H3,(H,13,14)(H,15,16). The van der Waals surface area contributed by atoms with E-state index in [2.05, 4.69) is 5.32 Å². The van der Waals surface area contributed by atoms with E-state index in [0.29, 0.717) is 16.3 Å². The summed E-state index contributed by atoms with van der Waals surface area (Å²) in [5.41, 5.74) is 1.07. The van der Waals surface area contributed by atoms with E-state index >= 15 is 0 Å². The molecule has 84 valence electrons. The Bertz CT molecular complexity index is 455. The zero-order valence-electron chi connectivity index (χ0n) is 8.53. The molecule has 0 saturated carbocycles. The number of hydrogen-bond donors (Lipinski definition) is 2. The van der Waals surface area contributed by atoms with Gasteiger partial charge >= 0.3 is 5.97 Å². The second kappa shape index (κ2) is 5.32. The largest absolute Gasteiger partial charge is 0.478 e. The van der Waals surface area contributed by atoms with Crippen LogP contribution in [0.15, 0.2) is 24.3 Å². The number of carboxylic acid groups (broad SMARTS) is 1. The van der Waals surface area contributed by atoms with Crippen LogP contribution >= 0.6 is 11.6 Å². The average molecular weight is 240 g/mol. The second-order valence-electron chi connectivity index (χ2n) is 3.08. The fourth-order valence-corrected chi connectivity index (χ4v) is 1.30. The molecular weight excluding hydrogens is 230 g/mol. The Labute approximate surface area is 97.5 Å². The van der Waals surface area contributed by atoms with Crippen LogP contribution in [0.3, 0.4) is 0 Å². The van der Waals surface area contributed by atoms with Crippen LogP contribution in [0.25, 0.3) is 6.08 Å². The highest BCUT2D eigenvalue weighted by molar-refractivity contribution is 6.31. The highest BCUT2D eigenvalue weighted by atomic mass is 35.5. The van der Waals surface area contributed by atoms with Gasteiger partial charge in [-0.15, -0.1) is 0 Å². The minimum absolute atomic E-state index is 0.243. The average Bonchev–Trinajstić information content (AvgIpc) is 2.15. The first kappa shape index (κ1) is 12.3. The lowest BCUT2D eigenvalue weighted by molar-refractivity contribution is -0.131. The summed E-state index contributed by atoms with van der Waals surface area (Å²) in [5, 5.41) is 11.5. The molecule has 0 spiro atoms. The molecule has 5 heteroatoms. The van der Waals surface area contributed by atoms with Gasteiger partial charge in [0.1, 0.15) is 0 Å². The van der Waals surface area contributed by atoms with E-state index in [1.54, 1.807) is 18.2 Å². The molecule has 0 aliphatic heterocycles. The summed E-state index contributed by atoms with van der Waals surface area (Å²) in [6, 6.07) is 4.81. The van der Waals surface area contributed by atoms with E-state index in [0.717, 1.165) is 6.08 Å². The summed E-state index contributed by atoms with van der Waals surface area (Å²) in [6.45, 7) is 1.37. The second-order valence-corrected chi connectivity index (χ2v) is 3.52. The van der Waals surface area contributed by atoms with Gasteiger partial charge in [-0.3, -0.25) is 4.79 Å². The van der Waals surface area contributed by atoms with Crippen molar-refractivity contribution < 1.29 is 14.7 Å². The summed E-state index contributed by atoms with van der Waals surface area (Å²) < 4.78 is 0. The molecule has 2 N–H and O–H groups in total. The normalized spacial score (nSPS) is 10.4. The highest BCUT2D eigenvalue weighted by Gasteiger charge is 2.03. The molecule has 0 aliphatic carbocycles. The van der Waals surface area contributed by atoms with Gasteiger partial charge in [-0.2, -0.15) is 0 Å². The Hall–Kier alpha value is -1.81. The zero-order valence-corrected chi connectivity index (χ0v) is 9.28. The van der Waals surface area contributed by atoms with E-state index in [9.17, 15) is 9.59 Å². The van der Waals surface area contributed by atoms with Crippen LogP contribution in [0.2, 0.25) is 5.02 Å². The number of amides is 1. The number of carbonyl (C=O) groups is 2. The van der Waals surface area contributed by atoms with E-state index in [1.165, 1.54) is 13.0 Å². The molecule has 0 aromatic heterocycles. The fraction of sp³-hybridized carbons (Fsp3) is 0.0909. The third kappa shape index (κ3) is 3.74. The van der Waals surface area contributed by atoms with Gasteiger partial charge in [0, 0.05) is 23.7 Å². The van der Waals surface area contributed by atoms with Crippen LogP contribution in [-0.4, -0.2) is 17.0 Å². The smallest absolute Gasteiger partial charge is 0.328 e. The molecule has 1 aromatic carbocycles. The monoisotopic (exact) mass is 239 g/mol. The van der Waals surface area contributed by atoms with Crippen molar-refractivity contribution in [2.45, 2.75) is 6.92 Å². The van der Waals surface area contributed by atoms with Crippen molar-refractivity contribution in [2.24, 2.45) is 0 Å². The summed E-state index contributed by atoms with van der Waals surface area (Å²) in [5.74, 6) is -1.30. The van der Waals surface area contributed by atoms with Crippen LogP contribution in [-0.2, 0) is 9.59 Å². The molecule has 1 rings (SSSR count). The SMILES string of the molecule is CC(=O)Nc1cc(Cl)ccc1C=CC(=O)O. The number of hydrogen-bond acceptors (Lipinski definition) is 2. The Morgan fingerprint density at radius 1 is 1.44 bits per heavy atom. The van der Waals surface area contributed by atoms with Crippen LogP contribution in [0.5, 0.6) is 0 Å². The molecule has 0 fully saturated rings. The van der Waals surface area contributed by atoms with Crippen molar-refractivity contribution >= 4 is 35.2 Å². The molecule has 1 aromatic rings. The maximum absolute atomic E-state index is 10.9. The molecule has 0 bridgehead atoms. The quantitative estimate of drug-likeness (QED) is 0.796. The third-order valence-electron chi connectivity index (χ3n) is 1.73. The van der Waals surface area contributed by atoms with Gasteiger partial charge in [-0.05, 0) is 23.8 Å². The van der Waals surface area contributed by atoms with Gasteiger partial charge in [0.05, 0.1) is 0 Å². The molecular formula is C11H10ClNO3. The number of halogens is 1. The molecule has 0 atom stereocenters. The first-order valence-electron chi connectivity index (χ1n) is 4.47. The lowest BCUT2D eigenvalue weighted by Crippen LogP contribution is -2.07. The fourth-order valence-electron chi connectivity index (χ4n) is 1.13. The number of carboxylic acids is 1. The van der Waals surface area contributed by atoms with Gasteiger partial charge in [-0.1, -0.05) is 17.7 Å². The van der Waals surface area contributed by atoms with E-state index in [1.807, 2.05) is 0 Å². The number of aliphatic carboxylic acids is 1. The van der Waals surface area contributed by atoms with Crippen molar-refractivity contribution in [3.8, 4) is 0 Å².